The highest BCUT2D eigenvalue weighted by Crippen LogP contribution is 2.10. The molecule has 0 saturated carbocycles. The van der Waals surface area contributed by atoms with Gasteiger partial charge in [-0.3, -0.25) is 14.4 Å². The molecule has 0 radical (unpaired) electrons. The molecule has 0 fully saturated rings. The van der Waals surface area contributed by atoms with Crippen LogP contribution in [-0.4, -0.2) is 37.2 Å². The number of rotatable bonds is 49. The van der Waals surface area contributed by atoms with Crippen LogP contribution in [-0.2, 0) is 28.6 Å². The summed E-state index contributed by atoms with van der Waals surface area (Å²) in [5.41, 5.74) is 0. The van der Waals surface area contributed by atoms with Crippen molar-refractivity contribution in [3.05, 3.63) is 194 Å². The first-order valence-electron chi connectivity index (χ1n) is 28.9. The van der Waals surface area contributed by atoms with E-state index in [2.05, 4.69) is 203 Å². The molecule has 1 atom stereocenters. The van der Waals surface area contributed by atoms with E-state index in [-0.39, 0.29) is 50.4 Å². The van der Waals surface area contributed by atoms with Crippen molar-refractivity contribution in [2.24, 2.45) is 0 Å². The van der Waals surface area contributed by atoms with Crippen molar-refractivity contribution in [2.45, 2.75) is 207 Å². The van der Waals surface area contributed by atoms with Gasteiger partial charge >= 0.3 is 17.9 Å². The highest BCUT2D eigenvalue weighted by Gasteiger charge is 2.19. The molecule has 0 aromatic carbocycles. The minimum Gasteiger partial charge on any atom is -0.462 e. The molecule has 0 spiro atoms. The van der Waals surface area contributed by atoms with Crippen LogP contribution < -0.4 is 0 Å². The Kier molecular flexibility index (Phi) is 56.1. The molecule has 0 aromatic heterocycles. The van der Waals surface area contributed by atoms with Crippen LogP contribution in [0.2, 0.25) is 0 Å². The number of carbonyl (C=O) groups excluding carboxylic acids is 3. The molecule has 0 aliphatic carbocycles. The van der Waals surface area contributed by atoms with Crippen molar-refractivity contribution in [2.75, 3.05) is 13.2 Å². The molecular weight excluding hydrogens is 925 g/mol. The predicted molar refractivity (Wildman–Crippen MR) is 324 cm³/mol. The van der Waals surface area contributed by atoms with Crippen molar-refractivity contribution in [1.29, 1.82) is 0 Å². The Labute approximate surface area is 458 Å². The van der Waals surface area contributed by atoms with Gasteiger partial charge in [0.05, 0.1) is 0 Å². The Morgan fingerprint density at radius 2 is 0.507 bits per heavy atom. The minimum atomic E-state index is -0.854. The van der Waals surface area contributed by atoms with E-state index in [1.54, 1.807) is 0 Å². The summed E-state index contributed by atoms with van der Waals surface area (Å²) in [6.45, 7) is 6.15. The van der Waals surface area contributed by atoms with Crippen LogP contribution in [0, 0.1) is 0 Å². The number of hydrogen-bond acceptors (Lipinski definition) is 6. The molecule has 75 heavy (non-hydrogen) atoms. The van der Waals surface area contributed by atoms with Gasteiger partial charge < -0.3 is 14.2 Å². The number of allylic oxidation sites excluding steroid dienone is 32. The zero-order chi connectivity index (χ0) is 54.3. The fraction of sp³-hybridized carbons (Fsp3) is 0.493. The Bertz CT molecular complexity index is 1850. The third kappa shape index (κ3) is 59.0. The van der Waals surface area contributed by atoms with Crippen LogP contribution in [0.5, 0.6) is 0 Å². The van der Waals surface area contributed by atoms with Gasteiger partial charge in [0.1, 0.15) is 13.2 Å². The van der Waals surface area contributed by atoms with Crippen LogP contribution in [0.15, 0.2) is 194 Å². The van der Waals surface area contributed by atoms with Crippen LogP contribution in [0.25, 0.3) is 0 Å². The summed E-state index contributed by atoms with van der Waals surface area (Å²) in [5, 5.41) is 0. The Balaban J connectivity index is 4.68. The average Bonchev–Trinajstić information content (AvgIpc) is 3.41. The van der Waals surface area contributed by atoms with E-state index in [4.69, 9.17) is 14.2 Å². The van der Waals surface area contributed by atoms with E-state index in [9.17, 15) is 14.4 Å². The maximum Gasteiger partial charge on any atom is 0.306 e. The lowest BCUT2D eigenvalue weighted by Gasteiger charge is -2.18. The topological polar surface area (TPSA) is 78.9 Å². The molecular formula is C69H102O6. The number of esters is 3. The zero-order valence-corrected chi connectivity index (χ0v) is 47.2. The first kappa shape index (κ1) is 69.2. The van der Waals surface area contributed by atoms with Gasteiger partial charge in [-0.1, -0.05) is 228 Å². The lowest BCUT2D eigenvalue weighted by molar-refractivity contribution is -0.166. The van der Waals surface area contributed by atoms with Crippen molar-refractivity contribution >= 4 is 17.9 Å². The fourth-order valence-corrected chi connectivity index (χ4v) is 6.87. The van der Waals surface area contributed by atoms with Gasteiger partial charge in [-0.05, 0) is 148 Å². The highest BCUT2D eigenvalue weighted by atomic mass is 16.6. The first-order valence-corrected chi connectivity index (χ1v) is 28.9. The summed E-state index contributed by atoms with van der Waals surface area (Å²) in [6, 6.07) is 0. The van der Waals surface area contributed by atoms with Gasteiger partial charge in [0, 0.05) is 19.3 Å². The summed E-state index contributed by atoms with van der Waals surface area (Å²) in [6.07, 6.45) is 92.9. The van der Waals surface area contributed by atoms with Crippen molar-refractivity contribution < 1.29 is 28.6 Å². The van der Waals surface area contributed by atoms with Crippen LogP contribution in [0.3, 0.4) is 0 Å². The molecule has 0 aliphatic rings. The second kappa shape index (κ2) is 60.8. The summed E-state index contributed by atoms with van der Waals surface area (Å²) in [5.74, 6) is -1.11. The van der Waals surface area contributed by atoms with Crippen molar-refractivity contribution in [1.82, 2.24) is 0 Å². The van der Waals surface area contributed by atoms with E-state index in [1.165, 1.54) is 0 Å². The SMILES string of the molecule is CC/C=C\C/C=C\C/C=C\C/C=C\C/C=C\C/C=C\CCC(=O)OC[C@H](COC(=O)CCCCC/C=C\C/C=C\C/C=C\C/C=C\C/C=C\CC)OC(=O)CCCCC/C=C\C/C=C\C/C=C\C/C=C\C/C=C\CC. The fourth-order valence-electron chi connectivity index (χ4n) is 6.87. The van der Waals surface area contributed by atoms with E-state index in [0.717, 1.165) is 148 Å². The van der Waals surface area contributed by atoms with E-state index in [0.29, 0.717) is 12.8 Å². The Hall–Kier alpha value is -5.75. The first-order chi connectivity index (χ1) is 37.0. The largest absolute Gasteiger partial charge is 0.462 e. The van der Waals surface area contributed by atoms with E-state index < -0.39 is 6.10 Å². The molecule has 414 valence electrons. The van der Waals surface area contributed by atoms with Crippen molar-refractivity contribution in [3.63, 3.8) is 0 Å². The third-order valence-electron chi connectivity index (χ3n) is 11.1. The predicted octanol–water partition coefficient (Wildman–Crippen LogP) is 19.9. The quantitative estimate of drug-likeness (QED) is 0.0261. The van der Waals surface area contributed by atoms with Crippen LogP contribution in [0.4, 0.5) is 0 Å². The maximum absolute atomic E-state index is 12.9. The number of carbonyl (C=O) groups is 3. The monoisotopic (exact) mass is 1030 g/mol. The summed E-state index contributed by atoms with van der Waals surface area (Å²) < 4.78 is 16.7. The zero-order valence-electron chi connectivity index (χ0n) is 47.2. The molecule has 0 aromatic rings. The lowest BCUT2D eigenvalue weighted by atomic mass is 10.1. The van der Waals surface area contributed by atoms with Gasteiger partial charge in [-0.15, -0.1) is 0 Å². The van der Waals surface area contributed by atoms with Crippen LogP contribution >= 0.6 is 0 Å². The lowest BCUT2D eigenvalue weighted by Crippen LogP contribution is -2.30. The minimum absolute atomic E-state index is 0.144. The Morgan fingerprint density at radius 1 is 0.267 bits per heavy atom. The molecule has 0 N–H and O–H groups in total. The maximum atomic E-state index is 12.9. The standard InChI is InChI=1S/C69H102O6/c1-4-7-10-13-16-19-22-25-28-31-34-37-40-43-46-49-52-55-58-61-67(70)73-64-66(75-69(72)63-60-57-54-51-48-45-42-39-36-33-30-27-24-21-18-15-12-9-6-3)65-74-68(71)62-59-56-53-50-47-44-41-38-35-32-29-26-23-20-17-14-11-8-5-2/h7-12,16-21,25-30,34-39,43-48,52,55,66H,4-6,13-15,22-24,31-33,40-42,49-51,53-54,56-65H2,1-3H3/b10-7-,11-8-,12-9-,19-16-,20-17-,21-18-,28-25-,29-26-,30-27-,37-34-,38-35-,39-36-,46-43-,47-44-,48-45-,55-52-/t66-/m1/s1. The summed E-state index contributed by atoms with van der Waals surface area (Å²) in [7, 11) is 0. The number of unbranched alkanes of at least 4 members (excludes halogenated alkanes) is 6. The Morgan fingerprint density at radius 3 is 0.800 bits per heavy atom. The molecule has 0 amide bonds. The van der Waals surface area contributed by atoms with Gasteiger partial charge in [0.25, 0.3) is 0 Å². The second-order valence-corrected chi connectivity index (χ2v) is 18.0. The molecule has 0 unspecified atom stereocenters. The molecule has 6 heteroatoms. The van der Waals surface area contributed by atoms with Crippen molar-refractivity contribution in [3.8, 4) is 0 Å². The van der Waals surface area contributed by atoms with Gasteiger partial charge in [-0.25, -0.2) is 0 Å². The summed E-state index contributed by atoms with van der Waals surface area (Å²) in [4.78, 5) is 38.2. The third-order valence-corrected chi connectivity index (χ3v) is 11.1. The average molecular weight is 1030 g/mol. The number of ether oxygens (including phenoxy) is 3. The summed E-state index contributed by atoms with van der Waals surface area (Å²) >= 11 is 0. The van der Waals surface area contributed by atoms with E-state index >= 15 is 0 Å². The van der Waals surface area contributed by atoms with Crippen LogP contribution in [0.1, 0.15) is 201 Å². The molecule has 6 nitrogen and oxygen atoms in total. The molecule has 0 bridgehead atoms. The molecule has 0 saturated heterocycles. The highest BCUT2D eigenvalue weighted by molar-refractivity contribution is 5.71. The molecule has 0 heterocycles. The molecule has 0 aliphatic heterocycles. The van der Waals surface area contributed by atoms with Gasteiger partial charge in [0.2, 0.25) is 0 Å². The second-order valence-electron chi connectivity index (χ2n) is 18.0. The van der Waals surface area contributed by atoms with Gasteiger partial charge in [0.15, 0.2) is 6.10 Å². The van der Waals surface area contributed by atoms with Gasteiger partial charge in [-0.2, -0.15) is 0 Å². The normalized spacial score (nSPS) is 13.6. The van der Waals surface area contributed by atoms with E-state index in [1.807, 2.05) is 12.2 Å². The molecule has 0 rings (SSSR count). The smallest absolute Gasteiger partial charge is 0.306 e. The number of hydrogen-bond donors (Lipinski definition) is 0.